The largest absolute Gasteiger partial charge is 0.394 e. The Hall–Kier alpha value is -2.97. The van der Waals surface area contributed by atoms with Gasteiger partial charge in [-0.1, -0.05) is 30.3 Å². The molecule has 0 saturated carbocycles. The Morgan fingerprint density at radius 2 is 2.14 bits per heavy atom. The van der Waals surface area contributed by atoms with Gasteiger partial charge in [-0.05, 0) is 18.9 Å². The molecule has 1 aliphatic heterocycles. The van der Waals surface area contributed by atoms with Gasteiger partial charge in [-0.2, -0.15) is 0 Å². The Kier molecular flexibility index (Phi) is 5.23. The summed E-state index contributed by atoms with van der Waals surface area (Å²) in [6.45, 7) is 1.28. The number of nitrogens with two attached hydrogens (primary N) is 1. The van der Waals surface area contributed by atoms with Crippen molar-refractivity contribution in [2.75, 3.05) is 24.7 Å². The number of amides is 1. The lowest BCUT2D eigenvalue weighted by Crippen LogP contribution is -2.40. The van der Waals surface area contributed by atoms with Crippen molar-refractivity contribution in [3.63, 3.8) is 0 Å². The summed E-state index contributed by atoms with van der Waals surface area (Å²) < 4.78 is 5.42. The van der Waals surface area contributed by atoms with Crippen molar-refractivity contribution in [2.24, 2.45) is 5.73 Å². The third-order valence-corrected chi connectivity index (χ3v) is 4.90. The molecule has 3 aromatic rings. The molecule has 1 fully saturated rings. The number of anilines is 1. The van der Waals surface area contributed by atoms with Crippen LogP contribution in [0.25, 0.3) is 22.4 Å². The van der Waals surface area contributed by atoms with Gasteiger partial charge < -0.3 is 25.5 Å². The van der Waals surface area contributed by atoms with Gasteiger partial charge in [-0.3, -0.25) is 4.79 Å². The maximum absolute atomic E-state index is 11.9. The van der Waals surface area contributed by atoms with Crippen molar-refractivity contribution in [3.8, 4) is 11.4 Å². The highest BCUT2D eigenvalue weighted by molar-refractivity contribution is 5.93. The first-order chi connectivity index (χ1) is 13.7. The number of aliphatic hydroxyl groups excluding tert-OH is 1. The third kappa shape index (κ3) is 3.56. The second-order valence-electron chi connectivity index (χ2n) is 6.82. The number of benzene rings is 1. The first-order valence-electron chi connectivity index (χ1n) is 9.37. The minimum Gasteiger partial charge on any atom is -0.394 e. The number of primary amides is 1. The molecule has 8 heteroatoms. The van der Waals surface area contributed by atoms with Crippen LogP contribution in [0.3, 0.4) is 0 Å². The summed E-state index contributed by atoms with van der Waals surface area (Å²) in [7, 11) is 0. The van der Waals surface area contributed by atoms with E-state index in [0.717, 1.165) is 36.0 Å². The van der Waals surface area contributed by atoms with Crippen LogP contribution in [-0.2, 0) is 16.1 Å². The van der Waals surface area contributed by atoms with E-state index in [1.165, 1.54) is 0 Å². The van der Waals surface area contributed by atoms with Crippen LogP contribution in [0.5, 0.6) is 0 Å². The van der Waals surface area contributed by atoms with Gasteiger partial charge in [0.25, 0.3) is 0 Å². The lowest BCUT2D eigenvalue weighted by atomic mass is 10.2. The molecule has 0 aliphatic carbocycles. The van der Waals surface area contributed by atoms with E-state index in [-0.39, 0.29) is 25.2 Å². The predicted octanol–water partition coefficient (Wildman–Crippen LogP) is 1.59. The van der Waals surface area contributed by atoms with Crippen molar-refractivity contribution in [2.45, 2.75) is 25.5 Å². The zero-order valence-electron chi connectivity index (χ0n) is 15.5. The summed E-state index contributed by atoms with van der Waals surface area (Å²) in [6, 6.07) is 11.3. The predicted molar refractivity (Wildman–Crippen MR) is 106 cm³/mol. The average Bonchev–Trinajstić information content (AvgIpc) is 3.35. The van der Waals surface area contributed by atoms with E-state index in [1.54, 1.807) is 0 Å². The fourth-order valence-corrected chi connectivity index (χ4v) is 3.62. The molecule has 1 aromatic carbocycles. The summed E-state index contributed by atoms with van der Waals surface area (Å²) in [5.74, 6) is 0.949. The number of hydrogen-bond acceptors (Lipinski definition) is 6. The molecule has 1 saturated heterocycles. The zero-order valence-corrected chi connectivity index (χ0v) is 15.5. The molecule has 4 rings (SSSR count). The second kappa shape index (κ2) is 7.95. The molecule has 2 aromatic heterocycles. The van der Waals surface area contributed by atoms with Crippen molar-refractivity contribution in [1.82, 2.24) is 15.0 Å². The van der Waals surface area contributed by atoms with Crippen molar-refractivity contribution >= 4 is 22.8 Å². The first kappa shape index (κ1) is 18.4. The third-order valence-electron chi connectivity index (χ3n) is 4.90. The van der Waals surface area contributed by atoms with Crippen LogP contribution in [0.2, 0.25) is 0 Å². The number of rotatable bonds is 7. The van der Waals surface area contributed by atoms with Gasteiger partial charge in [-0.15, -0.1) is 0 Å². The molecule has 1 aliphatic rings. The van der Waals surface area contributed by atoms with Crippen molar-refractivity contribution in [1.29, 1.82) is 0 Å². The van der Waals surface area contributed by atoms with Crippen molar-refractivity contribution in [3.05, 3.63) is 42.1 Å². The topological polar surface area (TPSA) is 117 Å². The molecule has 0 unspecified atom stereocenters. The van der Waals surface area contributed by atoms with E-state index in [1.807, 2.05) is 41.3 Å². The number of aromatic nitrogens is 3. The Morgan fingerprint density at radius 3 is 2.89 bits per heavy atom. The molecule has 146 valence electrons. The van der Waals surface area contributed by atoms with Gasteiger partial charge in [0, 0.05) is 17.8 Å². The van der Waals surface area contributed by atoms with Crippen LogP contribution >= 0.6 is 0 Å². The van der Waals surface area contributed by atoms with E-state index >= 15 is 0 Å². The Bertz CT molecular complexity index is 973. The number of carbonyl (C=O) groups is 1. The number of H-pyrrole nitrogens is 1. The normalized spacial score (nSPS) is 16.8. The van der Waals surface area contributed by atoms with Crippen LogP contribution < -0.4 is 10.6 Å². The van der Waals surface area contributed by atoms with E-state index in [9.17, 15) is 4.79 Å². The van der Waals surface area contributed by atoms with Crippen LogP contribution in [0.1, 0.15) is 18.5 Å². The summed E-state index contributed by atoms with van der Waals surface area (Å²) >= 11 is 0. The molecule has 1 atom stereocenters. The summed E-state index contributed by atoms with van der Waals surface area (Å²) in [4.78, 5) is 26.7. The van der Waals surface area contributed by atoms with Crippen LogP contribution in [0.4, 0.5) is 5.82 Å². The Labute approximate surface area is 162 Å². The SMILES string of the molecule is NC(=O)[C@@H]1CCCN1c1nc(-c2ccccc2)nc2[nH]c(COCCO)cc12. The number of carbonyl (C=O) groups excluding carboxylic acids is 1. The molecule has 1 amide bonds. The summed E-state index contributed by atoms with van der Waals surface area (Å²) in [5.41, 5.74) is 8.04. The highest BCUT2D eigenvalue weighted by atomic mass is 16.5. The molecule has 0 radical (unpaired) electrons. The van der Waals surface area contributed by atoms with Gasteiger partial charge in [0.15, 0.2) is 5.82 Å². The zero-order chi connectivity index (χ0) is 19.5. The molecule has 0 bridgehead atoms. The maximum atomic E-state index is 11.9. The van der Waals surface area contributed by atoms with E-state index < -0.39 is 0 Å². The van der Waals surface area contributed by atoms with Gasteiger partial charge >= 0.3 is 0 Å². The number of hydrogen-bond donors (Lipinski definition) is 3. The fourth-order valence-electron chi connectivity index (χ4n) is 3.62. The summed E-state index contributed by atoms with van der Waals surface area (Å²) in [6.07, 6.45) is 1.61. The van der Waals surface area contributed by atoms with E-state index in [4.69, 9.17) is 20.6 Å². The fraction of sp³-hybridized carbons (Fsp3) is 0.350. The van der Waals surface area contributed by atoms with Gasteiger partial charge in [0.1, 0.15) is 17.5 Å². The average molecular weight is 381 g/mol. The maximum Gasteiger partial charge on any atom is 0.240 e. The molecule has 3 heterocycles. The van der Waals surface area contributed by atoms with Crippen LogP contribution in [0, 0.1) is 0 Å². The number of nitrogens with zero attached hydrogens (tertiary/aromatic N) is 3. The minimum absolute atomic E-state index is 0.0302. The number of aromatic amines is 1. The molecule has 8 nitrogen and oxygen atoms in total. The van der Waals surface area contributed by atoms with Gasteiger partial charge in [-0.25, -0.2) is 9.97 Å². The molecule has 4 N–H and O–H groups in total. The van der Waals surface area contributed by atoms with Crippen LogP contribution in [-0.4, -0.2) is 51.8 Å². The number of fused-ring (bicyclic) bond motifs is 1. The standard InChI is InChI=1S/C20H23N5O3/c21-17(27)16-7-4-8-25(16)20-15-11-14(12-28-10-9-26)22-19(15)23-18(24-20)13-5-2-1-3-6-13/h1-3,5-6,11,16,26H,4,7-10,12H2,(H2,21,27)(H,22,23,24)/t16-/m0/s1. The lowest BCUT2D eigenvalue weighted by Gasteiger charge is -2.24. The molecule has 0 spiro atoms. The molecule has 28 heavy (non-hydrogen) atoms. The highest BCUT2D eigenvalue weighted by Crippen LogP contribution is 2.32. The highest BCUT2D eigenvalue weighted by Gasteiger charge is 2.32. The smallest absolute Gasteiger partial charge is 0.240 e. The molecular formula is C20H23N5O3. The van der Waals surface area contributed by atoms with Gasteiger partial charge in [0.2, 0.25) is 5.91 Å². The van der Waals surface area contributed by atoms with Crippen molar-refractivity contribution < 1.29 is 14.6 Å². The Balaban J connectivity index is 1.81. The first-order valence-corrected chi connectivity index (χ1v) is 9.37. The number of nitrogens with one attached hydrogen (secondary N) is 1. The second-order valence-corrected chi connectivity index (χ2v) is 6.82. The van der Waals surface area contributed by atoms with E-state index in [2.05, 4.69) is 9.97 Å². The van der Waals surface area contributed by atoms with Crippen LogP contribution in [0.15, 0.2) is 36.4 Å². The number of ether oxygens (including phenoxy) is 1. The quantitative estimate of drug-likeness (QED) is 0.535. The number of aliphatic hydroxyl groups is 1. The lowest BCUT2D eigenvalue weighted by molar-refractivity contribution is -0.119. The summed E-state index contributed by atoms with van der Waals surface area (Å²) in [5, 5.41) is 9.74. The minimum atomic E-state index is -0.370. The molecular weight excluding hydrogens is 358 g/mol. The van der Waals surface area contributed by atoms with Gasteiger partial charge in [0.05, 0.1) is 25.2 Å². The Morgan fingerprint density at radius 1 is 1.32 bits per heavy atom. The van der Waals surface area contributed by atoms with E-state index in [0.29, 0.717) is 23.9 Å². The monoisotopic (exact) mass is 381 g/mol.